The standard InChI is InChI=1S/C12H18N2O3/c1-6-9(2)13-7-8-14(10(13)15)11(16)17-12(3,4)5/h1,9H,7-8H2,2-5H3. The van der Waals surface area contributed by atoms with Gasteiger partial charge >= 0.3 is 12.1 Å². The number of imide groups is 1. The lowest BCUT2D eigenvalue weighted by Crippen LogP contribution is -2.41. The summed E-state index contributed by atoms with van der Waals surface area (Å²) in [5.41, 5.74) is -0.609. The Bertz CT molecular complexity index is 365. The van der Waals surface area contributed by atoms with Gasteiger partial charge in [-0.1, -0.05) is 5.92 Å². The molecule has 1 saturated heterocycles. The molecule has 5 nitrogen and oxygen atoms in total. The molecule has 0 radical (unpaired) electrons. The maximum absolute atomic E-state index is 11.9. The van der Waals surface area contributed by atoms with E-state index >= 15 is 0 Å². The third kappa shape index (κ3) is 3.13. The van der Waals surface area contributed by atoms with E-state index in [1.54, 1.807) is 27.7 Å². The van der Waals surface area contributed by atoms with Crippen molar-refractivity contribution < 1.29 is 14.3 Å². The van der Waals surface area contributed by atoms with E-state index in [1.807, 2.05) is 0 Å². The first-order valence-electron chi connectivity index (χ1n) is 5.53. The normalized spacial score (nSPS) is 17.9. The molecule has 1 aliphatic rings. The molecule has 1 unspecified atom stereocenters. The van der Waals surface area contributed by atoms with E-state index < -0.39 is 11.7 Å². The van der Waals surface area contributed by atoms with Crippen LogP contribution >= 0.6 is 0 Å². The Morgan fingerprint density at radius 3 is 2.53 bits per heavy atom. The molecule has 1 atom stereocenters. The number of ether oxygens (including phenoxy) is 1. The van der Waals surface area contributed by atoms with Crippen molar-refractivity contribution in [3.8, 4) is 12.3 Å². The van der Waals surface area contributed by atoms with Gasteiger partial charge in [0.1, 0.15) is 5.60 Å². The molecule has 1 heterocycles. The highest BCUT2D eigenvalue weighted by Crippen LogP contribution is 2.16. The van der Waals surface area contributed by atoms with Gasteiger partial charge < -0.3 is 9.64 Å². The summed E-state index contributed by atoms with van der Waals surface area (Å²) in [7, 11) is 0. The van der Waals surface area contributed by atoms with Crippen LogP contribution in [0.25, 0.3) is 0 Å². The van der Waals surface area contributed by atoms with Gasteiger partial charge in [0, 0.05) is 6.54 Å². The Kier molecular flexibility index (Phi) is 3.66. The average molecular weight is 238 g/mol. The number of nitrogens with zero attached hydrogens (tertiary/aromatic N) is 2. The van der Waals surface area contributed by atoms with Gasteiger partial charge in [0.15, 0.2) is 0 Å². The molecule has 1 aliphatic heterocycles. The molecule has 17 heavy (non-hydrogen) atoms. The van der Waals surface area contributed by atoms with Crippen LogP contribution in [-0.4, -0.2) is 46.7 Å². The number of terminal acetylenes is 1. The molecule has 5 heteroatoms. The first kappa shape index (κ1) is 13.4. The minimum Gasteiger partial charge on any atom is -0.443 e. The van der Waals surface area contributed by atoms with Crippen molar-refractivity contribution in [2.75, 3.05) is 13.1 Å². The number of urea groups is 1. The van der Waals surface area contributed by atoms with Crippen LogP contribution in [0, 0.1) is 12.3 Å². The Morgan fingerprint density at radius 2 is 2.06 bits per heavy atom. The molecule has 0 bridgehead atoms. The molecule has 0 aromatic rings. The fourth-order valence-electron chi connectivity index (χ4n) is 1.49. The average Bonchev–Trinajstić information content (AvgIpc) is 2.56. The predicted molar refractivity (Wildman–Crippen MR) is 63.3 cm³/mol. The van der Waals surface area contributed by atoms with Crippen LogP contribution in [0.3, 0.4) is 0 Å². The molecule has 0 N–H and O–H groups in total. The van der Waals surface area contributed by atoms with Crippen LogP contribution < -0.4 is 0 Å². The highest BCUT2D eigenvalue weighted by Gasteiger charge is 2.37. The zero-order chi connectivity index (χ0) is 13.2. The van der Waals surface area contributed by atoms with Gasteiger partial charge in [-0.05, 0) is 27.7 Å². The summed E-state index contributed by atoms with van der Waals surface area (Å²) in [4.78, 5) is 26.2. The second-order valence-corrected chi connectivity index (χ2v) is 4.95. The summed E-state index contributed by atoms with van der Waals surface area (Å²) in [5, 5.41) is 0. The van der Waals surface area contributed by atoms with Crippen molar-refractivity contribution in [3.63, 3.8) is 0 Å². The zero-order valence-electron chi connectivity index (χ0n) is 10.7. The SMILES string of the molecule is C#CC(C)N1CCN(C(=O)OC(C)(C)C)C1=O. The number of rotatable bonds is 1. The van der Waals surface area contributed by atoms with Crippen LogP contribution in [-0.2, 0) is 4.74 Å². The van der Waals surface area contributed by atoms with E-state index in [-0.39, 0.29) is 12.1 Å². The lowest BCUT2D eigenvalue weighted by atomic mass is 10.2. The molecule has 1 rings (SSSR count). The third-order valence-electron chi connectivity index (χ3n) is 2.36. The summed E-state index contributed by atoms with van der Waals surface area (Å²) in [6.07, 6.45) is 4.64. The van der Waals surface area contributed by atoms with Crippen molar-refractivity contribution in [1.29, 1.82) is 0 Å². The lowest BCUT2D eigenvalue weighted by molar-refractivity contribution is 0.0347. The van der Waals surface area contributed by atoms with Crippen LogP contribution in [0.2, 0.25) is 0 Å². The molecular weight excluding hydrogens is 220 g/mol. The number of hydrogen-bond acceptors (Lipinski definition) is 3. The van der Waals surface area contributed by atoms with E-state index in [4.69, 9.17) is 11.2 Å². The molecule has 1 fully saturated rings. The molecule has 0 spiro atoms. The summed E-state index contributed by atoms with van der Waals surface area (Å²) >= 11 is 0. The van der Waals surface area contributed by atoms with E-state index in [0.717, 1.165) is 4.90 Å². The third-order valence-corrected chi connectivity index (χ3v) is 2.36. The van der Waals surface area contributed by atoms with E-state index in [1.165, 1.54) is 4.90 Å². The smallest absolute Gasteiger partial charge is 0.418 e. The van der Waals surface area contributed by atoms with Crippen molar-refractivity contribution in [1.82, 2.24) is 9.80 Å². The zero-order valence-corrected chi connectivity index (χ0v) is 10.7. The summed E-state index contributed by atoms with van der Waals surface area (Å²) in [6.45, 7) is 7.79. The van der Waals surface area contributed by atoms with E-state index in [2.05, 4.69) is 5.92 Å². The fourth-order valence-corrected chi connectivity index (χ4v) is 1.49. The van der Waals surface area contributed by atoms with Crippen molar-refractivity contribution in [2.45, 2.75) is 39.3 Å². The number of carbonyl (C=O) groups is 2. The van der Waals surface area contributed by atoms with E-state index in [0.29, 0.717) is 13.1 Å². The largest absolute Gasteiger partial charge is 0.443 e. The van der Waals surface area contributed by atoms with Crippen molar-refractivity contribution in [3.05, 3.63) is 0 Å². The molecule has 0 aliphatic carbocycles. The van der Waals surface area contributed by atoms with Gasteiger partial charge in [0.05, 0.1) is 12.6 Å². The Balaban J connectivity index is 2.68. The van der Waals surface area contributed by atoms with Crippen LogP contribution in [0.1, 0.15) is 27.7 Å². The number of carbonyl (C=O) groups excluding carboxylic acids is 2. The molecule has 0 aromatic carbocycles. The van der Waals surface area contributed by atoms with Gasteiger partial charge in [0.2, 0.25) is 0 Å². The maximum atomic E-state index is 11.9. The Labute approximate surface area is 102 Å². The monoisotopic (exact) mass is 238 g/mol. The molecule has 0 saturated carbocycles. The number of hydrogen-bond donors (Lipinski definition) is 0. The molecular formula is C12H18N2O3. The minimum atomic E-state index is -0.616. The van der Waals surface area contributed by atoms with Crippen molar-refractivity contribution in [2.24, 2.45) is 0 Å². The van der Waals surface area contributed by atoms with Gasteiger partial charge in [-0.15, -0.1) is 6.42 Å². The first-order chi connectivity index (χ1) is 7.76. The van der Waals surface area contributed by atoms with Crippen molar-refractivity contribution >= 4 is 12.1 Å². The Hall–Kier alpha value is -1.70. The molecule has 94 valence electrons. The summed E-state index contributed by atoms with van der Waals surface area (Å²) < 4.78 is 5.14. The van der Waals surface area contributed by atoms with Crippen LogP contribution in [0.5, 0.6) is 0 Å². The molecule has 0 aromatic heterocycles. The highest BCUT2D eigenvalue weighted by atomic mass is 16.6. The minimum absolute atomic E-state index is 0.310. The van der Waals surface area contributed by atoms with Gasteiger partial charge in [-0.2, -0.15) is 0 Å². The van der Waals surface area contributed by atoms with Gasteiger partial charge in [-0.25, -0.2) is 14.5 Å². The fraction of sp³-hybridized carbons (Fsp3) is 0.667. The lowest BCUT2D eigenvalue weighted by Gasteiger charge is -2.24. The van der Waals surface area contributed by atoms with Crippen LogP contribution in [0.15, 0.2) is 0 Å². The summed E-state index contributed by atoms with van der Waals surface area (Å²) in [6, 6.07) is -0.695. The van der Waals surface area contributed by atoms with E-state index in [9.17, 15) is 9.59 Å². The quantitative estimate of drug-likeness (QED) is 0.653. The predicted octanol–water partition coefficient (Wildman–Crippen LogP) is 1.68. The topological polar surface area (TPSA) is 49.9 Å². The maximum Gasteiger partial charge on any atom is 0.418 e. The van der Waals surface area contributed by atoms with Gasteiger partial charge in [0.25, 0.3) is 0 Å². The van der Waals surface area contributed by atoms with Gasteiger partial charge in [-0.3, -0.25) is 0 Å². The van der Waals surface area contributed by atoms with Crippen LogP contribution in [0.4, 0.5) is 9.59 Å². The second kappa shape index (κ2) is 4.66. The first-order valence-corrected chi connectivity index (χ1v) is 5.53. The summed E-state index contributed by atoms with van der Waals surface area (Å²) in [5.74, 6) is 2.47. The molecule has 3 amide bonds. The Morgan fingerprint density at radius 1 is 1.47 bits per heavy atom. The highest BCUT2D eigenvalue weighted by molar-refractivity contribution is 5.92. The second-order valence-electron chi connectivity index (χ2n) is 4.95. The number of amides is 3.